The third-order valence-electron chi connectivity index (χ3n) is 7.86. The van der Waals surface area contributed by atoms with Crippen molar-refractivity contribution in [3.63, 3.8) is 0 Å². The second-order valence-electron chi connectivity index (χ2n) is 10.0. The van der Waals surface area contributed by atoms with Gasteiger partial charge in [-0.15, -0.1) is 0 Å². The molecule has 1 N–H and O–H groups in total. The van der Waals surface area contributed by atoms with Gasteiger partial charge in [-0.2, -0.15) is 0 Å². The molecule has 0 bridgehead atoms. The fourth-order valence-electron chi connectivity index (χ4n) is 5.95. The van der Waals surface area contributed by atoms with Crippen LogP contribution in [0.3, 0.4) is 0 Å². The predicted octanol–water partition coefficient (Wildman–Crippen LogP) is 4.78. The number of ether oxygens (including phenoxy) is 1. The molecule has 0 radical (unpaired) electrons. The fourth-order valence-corrected chi connectivity index (χ4v) is 5.95. The first-order valence-electron chi connectivity index (χ1n) is 12.9. The summed E-state index contributed by atoms with van der Waals surface area (Å²) in [6.45, 7) is 5.49. The summed E-state index contributed by atoms with van der Waals surface area (Å²) in [6, 6.07) is 15.0. The zero-order valence-corrected chi connectivity index (χ0v) is 19.9. The number of carbonyl (C=O) groups is 1. The lowest BCUT2D eigenvalue weighted by molar-refractivity contribution is -0.122. The van der Waals surface area contributed by atoms with Gasteiger partial charge in [-0.3, -0.25) is 9.69 Å². The van der Waals surface area contributed by atoms with Crippen molar-refractivity contribution in [2.75, 3.05) is 44.2 Å². The number of carbonyl (C=O) groups excluding carboxylic acids is 1. The number of benzene rings is 2. The maximum Gasteiger partial charge on any atom is 0.220 e. The van der Waals surface area contributed by atoms with Gasteiger partial charge in [-0.1, -0.05) is 31.0 Å². The maximum absolute atomic E-state index is 13.2. The third-order valence-corrected chi connectivity index (χ3v) is 7.86. The highest BCUT2D eigenvalue weighted by molar-refractivity contribution is 5.76. The molecule has 0 unspecified atom stereocenters. The molecule has 3 atom stereocenters. The van der Waals surface area contributed by atoms with E-state index in [2.05, 4.69) is 27.2 Å². The molecule has 1 aliphatic carbocycles. The number of rotatable bonds is 6. The molecule has 0 spiro atoms. The van der Waals surface area contributed by atoms with Crippen LogP contribution in [0.1, 0.15) is 50.1 Å². The normalized spacial score (nSPS) is 25.0. The second-order valence-corrected chi connectivity index (χ2v) is 10.0. The van der Waals surface area contributed by atoms with E-state index in [-0.39, 0.29) is 17.8 Å². The Bertz CT molecular complexity index is 958. The highest BCUT2D eigenvalue weighted by Gasteiger charge is 2.37. The molecule has 5 rings (SSSR count). The number of hydrogen-bond acceptors (Lipinski definition) is 4. The Hall–Kier alpha value is -2.60. The number of fused-ring (bicyclic) bond motifs is 2. The molecule has 5 nitrogen and oxygen atoms in total. The molecule has 3 aliphatic rings. The van der Waals surface area contributed by atoms with Crippen LogP contribution < -0.4 is 15.0 Å². The first-order valence-corrected chi connectivity index (χ1v) is 12.9. The van der Waals surface area contributed by atoms with Crippen molar-refractivity contribution >= 4 is 11.6 Å². The molecule has 2 heterocycles. The Balaban J connectivity index is 1.11. The number of nitrogens with zero attached hydrogens (tertiary/aromatic N) is 2. The Morgan fingerprint density at radius 3 is 2.59 bits per heavy atom. The molecule has 2 aromatic carbocycles. The maximum atomic E-state index is 13.2. The summed E-state index contributed by atoms with van der Waals surface area (Å²) in [5.74, 6) is 1.86. The van der Waals surface area contributed by atoms with Gasteiger partial charge in [0.25, 0.3) is 0 Å². The van der Waals surface area contributed by atoms with Crippen LogP contribution >= 0.6 is 0 Å². The minimum Gasteiger partial charge on any atom is -0.493 e. The summed E-state index contributed by atoms with van der Waals surface area (Å²) in [5.41, 5.74) is 2.22. The van der Waals surface area contributed by atoms with E-state index in [1.807, 2.05) is 24.3 Å². The van der Waals surface area contributed by atoms with E-state index >= 15 is 0 Å². The minimum absolute atomic E-state index is 0.0516. The van der Waals surface area contributed by atoms with Crippen molar-refractivity contribution in [2.24, 2.45) is 11.8 Å². The molecule has 182 valence electrons. The largest absolute Gasteiger partial charge is 0.493 e. The molecule has 6 heteroatoms. The van der Waals surface area contributed by atoms with E-state index in [0.717, 1.165) is 69.2 Å². The molecular formula is C28H36FN3O2. The monoisotopic (exact) mass is 465 g/mol. The van der Waals surface area contributed by atoms with Gasteiger partial charge < -0.3 is 15.0 Å². The average Bonchev–Trinajstić information content (AvgIpc) is 3.02. The van der Waals surface area contributed by atoms with Crippen LogP contribution in [0.2, 0.25) is 0 Å². The first-order chi connectivity index (χ1) is 16.7. The van der Waals surface area contributed by atoms with E-state index in [1.165, 1.54) is 31.4 Å². The van der Waals surface area contributed by atoms with Gasteiger partial charge in [-0.05, 0) is 68.0 Å². The van der Waals surface area contributed by atoms with Crippen molar-refractivity contribution in [3.8, 4) is 5.75 Å². The van der Waals surface area contributed by atoms with E-state index in [0.29, 0.717) is 18.3 Å². The van der Waals surface area contributed by atoms with E-state index in [1.54, 1.807) is 0 Å². The van der Waals surface area contributed by atoms with E-state index in [4.69, 9.17) is 4.74 Å². The predicted molar refractivity (Wildman–Crippen MR) is 133 cm³/mol. The zero-order valence-electron chi connectivity index (χ0n) is 19.9. The summed E-state index contributed by atoms with van der Waals surface area (Å²) < 4.78 is 19.3. The van der Waals surface area contributed by atoms with Crippen LogP contribution in [0.25, 0.3) is 0 Å². The first kappa shape index (κ1) is 23.2. The number of anilines is 1. The van der Waals surface area contributed by atoms with Crippen molar-refractivity contribution in [3.05, 3.63) is 59.9 Å². The molecular weight excluding hydrogens is 429 g/mol. The molecule has 1 saturated carbocycles. The van der Waals surface area contributed by atoms with Gasteiger partial charge in [0, 0.05) is 43.9 Å². The molecule has 1 amide bonds. The summed E-state index contributed by atoms with van der Waals surface area (Å²) in [6.07, 6.45) is 6.26. The minimum atomic E-state index is -0.195. The number of hydrogen-bond donors (Lipinski definition) is 1. The van der Waals surface area contributed by atoms with Gasteiger partial charge in [0.2, 0.25) is 5.91 Å². The van der Waals surface area contributed by atoms with E-state index < -0.39 is 0 Å². The van der Waals surface area contributed by atoms with Gasteiger partial charge in [-0.25, -0.2) is 4.39 Å². The van der Waals surface area contributed by atoms with Crippen LogP contribution in [0.15, 0.2) is 48.5 Å². The summed E-state index contributed by atoms with van der Waals surface area (Å²) in [5, 5.41) is 3.41. The van der Waals surface area contributed by atoms with Gasteiger partial charge >= 0.3 is 0 Å². The molecule has 2 fully saturated rings. The van der Waals surface area contributed by atoms with Gasteiger partial charge in [0.1, 0.15) is 11.6 Å². The zero-order chi connectivity index (χ0) is 23.3. The Labute approximate surface area is 202 Å². The molecule has 34 heavy (non-hydrogen) atoms. The number of nitrogens with one attached hydrogen (secondary N) is 1. The second kappa shape index (κ2) is 10.8. The van der Waals surface area contributed by atoms with Crippen LogP contribution in [0.5, 0.6) is 5.75 Å². The number of amides is 1. The quantitative estimate of drug-likeness (QED) is 0.667. The highest BCUT2D eigenvalue weighted by Crippen LogP contribution is 2.44. The highest BCUT2D eigenvalue weighted by atomic mass is 19.1. The topological polar surface area (TPSA) is 44.8 Å². The average molecular weight is 466 g/mol. The number of para-hydroxylation sites is 1. The van der Waals surface area contributed by atoms with Crippen LogP contribution in [-0.2, 0) is 4.79 Å². The Kier molecular flexibility index (Phi) is 7.33. The summed E-state index contributed by atoms with van der Waals surface area (Å²) in [4.78, 5) is 17.7. The molecule has 0 aromatic heterocycles. The van der Waals surface area contributed by atoms with Crippen molar-refractivity contribution in [1.82, 2.24) is 10.2 Å². The lowest BCUT2D eigenvalue weighted by atomic mass is 9.74. The lowest BCUT2D eigenvalue weighted by Crippen LogP contribution is -2.46. The fraction of sp³-hybridized carbons (Fsp3) is 0.536. The summed E-state index contributed by atoms with van der Waals surface area (Å²) >= 11 is 0. The summed E-state index contributed by atoms with van der Waals surface area (Å²) in [7, 11) is 0. The Morgan fingerprint density at radius 2 is 1.76 bits per heavy atom. The van der Waals surface area contributed by atoms with Crippen LogP contribution in [-0.4, -0.2) is 50.1 Å². The number of piperazine rings is 1. The van der Waals surface area contributed by atoms with Crippen molar-refractivity contribution < 1.29 is 13.9 Å². The van der Waals surface area contributed by atoms with Gasteiger partial charge in [0.15, 0.2) is 0 Å². The van der Waals surface area contributed by atoms with Crippen molar-refractivity contribution in [1.29, 1.82) is 0 Å². The lowest BCUT2D eigenvalue weighted by Gasteiger charge is -2.36. The number of halogens is 1. The van der Waals surface area contributed by atoms with E-state index in [9.17, 15) is 9.18 Å². The Morgan fingerprint density at radius 1 is 1.00 bits per heavy atom. The van der Waals surface area contributed by atoms with Crippen LogP contribution in [0.4, 0.5) is 10.1 Å². The molecule has 1 saturated heterocycles. The van der Waals surface area contributed by atoms with Crippen molar-refractivity contribution in [2.45, 2.75) is 44.6 Å². The third kappa shape index (κ3) is 5.38. The smallest absolute Gasteiger partial charge is 0.220 e. The standard InChI is InChI=1S/C28H36FN3O2/c29-22-11-13-23(14-12-22)32-18-16-31(17-19-32)15-5-10-27(33)30-28-24-7-2-1-6-21(24)20-34-26-9-4-3-8-25(26)28/h3-4,8-9,11-14,21,24,28H,1-2,5-7,10,15-20H2,(H,30,33)/t21-,24+,28+/m0/s1. The molecule has 2 aromatic rings. The SMILES string of the molecule is O=C(CCCN1CCN(c2ccc(F)cc2)CC1)N[C@H]1c2ccccc2OC[C@@H]2CCCC[C@H]21. The van der Waals surface area contributed by atoms with Crippen LogP contribution in [0, 0.1) is 17.7 Å². The van der Waals surface area contributed by atoms with Gasteiger partial charge in [0.05, 0.1) is 12.6 Å². The molecule has 2 aliphatic heterocycles.